The van der Waals surface area contributed by atoms with Gasteiger partial charge in [-0.15, -0.1) is 11.3 Å². The SMILES string of the molecule is CC(C)N1CCC(NC(=O)c2cc(C(=O)N3CCSCC3)n(Cc3cc(-c4ccc(Cl)s4)on3)n2)CC1. The van der Waals surface area contributed by atoms with Crippen LogP contribution in [0.1, 0.15) is 53.4 Å². The van der Waals surface area contributed by atoms with Crippen molar-refractivity contribution in [3.8, 4) is 10.6 Å². The van der Waals surface area contributed by atoms with Gasteiger partial charge in [0.1, 0.15) is 11.4 Å². The maximum Gasteiger partial charge on any atom is 0.272 e. The second-order valence-electron chi connectivity index (χ2n) is 9.64. The zero-order valence-corrected chi connectivity index (χ0v) is 23.4. The summed E-state index contributed by atoms with van der Waals surface area (Å²) in [5.41, 5.74) is 1.24. The van der Waals surface area contributed by atoms with Crippen LogP contribution in [-0.2, 0) is 6.54 Å². The lowest BCUT2D eigenvalue weighted by Crippen LogP contribution is -2.46. The molecule has 2 aliphatic rings. The Labute approximate surface area is 229 Å². The van der Waals surface area contributed by atoms with E-state index < -0.39 is 0 Å². The number of nitrogens with one attached hydrogen (secondary N) is 1. The van der Waals surface area contributed by atoms with Gasteiger partial charge < -0.3 is 19.6 Å². The largest absolute Gasteiger partial charge is 0.355 e. The number of rotatable bonds is 7. The molecule has 198 valence electrons. The lowest BCUT2D eigenvalue weighted by atomic mass is 10.0. The van der Waals surface area contributed by atoms with Gasteiger partial charge in [-0.05, 0) is 38.8 Å². The topological polar surface area (TPSA) is 96.5 Å². The Kier molecular flexibility index (Phi) is 8.23. The van der Waals surface area contributed by atoms with E-state index >= 15 is 0 Å². The highest BCUT2D eigenvalue weighted by Gasteiger charge is 2.28. The monoisotopic (exact) mass is 562 g/mol. The minimum atomic E-state index is -0.251. The lowest BCUT2D eigenvalue weighted by Gasteiger charge is -2.34. The molecule has 0 spiro atoms. The molecule has 3 aromatic rings. The zero-order chi connectivity index (χ0) is 25.9. The van der Waals surface area contributed by atoms with Crippen molar-refractivity contribution in [1.82, 2.24) is 30.1 Å². The van der Waals surface area contributed by atoms with Gasteiger partial charge in [0.2, 0.25) is 0 Å². The number of nitrogens with zero attached hydrogens (tertiary/aromatic N) is 5. The molecule has 0 atom stereocenters. The van der Waals surface area contributed by atoms with Crippen molar-refractivity contribution in [2.75, 3.05) is 37.7 Å². The van der Waals surface area contributed by atoms with E-state index in [2.05, 4.69) is 34.3 Å². The minimum Gasteiger partial charge on any atom is -0.355 e. The fourth-order valence-electron chi connectivity index (χ4n) is 4.67. The quantitative estimate of drug-likeness (QED) is 0.463. The van der Waals surface area contributed by atoms with Gasteiger partial charge >= 0.3 is 0 Å². The molecule has 2 saturated heterocycles. The van der Waals surface area contributed by atoms with Crippen LogP contribution in [0.2, 0.25) is 4.34 Å². The van der Waals surface area contributed by atoms with Crippen molar-refractivity contribution in [3.63, 3.8) is 0 Å². The highest BCUT2D eigenvalue weighted by Crippen LogP contribution is 2.31. The van der Waals surface area contributed by atoms with Gasteiger partial charge in [0, 0.05) is 61.9 Å². The number of thioether (sulfide) groups is 1. The number of hydrogen-bond acceptors (Lipinski definition) is 8. The number of halogens is 1. The molecule has 0 unspecified atom stereocenters. The number of carbonyl (C=O) groups excluding carboxylic acids is 2. The molecular formula is C25H31ClN6O3S2. The molecule has 1 N–H and O–H groups in total. The van der Waals surface area contributed by atoms with Gasteiger partial charge in [-0.1, -0.05) is 16.8 Å². The Morgan fingerprint density at radius 2 is 1.92 bits per heavy atom. The van der Waals surface area contributed by atoms with Crippen LogP contribution in [0.15, 0.2) is 28.8 Å². The van der Waals surface area contributed by atoms with E-state index in [-0.39, 0.29) is 30.1 Å². The van der Waals surface area contributed by atoms with Crippen LogP contribution >= 0.6 is 34.7 Å². The van der Waals surface area contributed by atoms with Gasteiger partial charge in [0.25, 0.3) is 11.8 Å². The van der Waals surface area contributed by atoms with Gasteiger partial charge in [-0.3, -0.25) is 14.3 Å². The third-order valence-corrected chi connectivity index (χ3v) is 9.00. The number of likely N-dealkylation sites (tertiary alicyclic amines) is 1. The normalized spacial score (nSPS) is 17.5. The van der Waals surface area contributed by atoms with Gasteiger partial charge in [0.05, 0.1) is 15.8 Å². The number of thiophene rings is 1. The lowest BCUT2D eigenvalue weighted by molar-refractivity contribution is 0.0759. The van der Waals surface area contributed by atoms with Crippen molar-refractivity contribution >= 4 is 46.5 Å². The third kappa shape index (κ3) is 6.22. The fraction of sp³-hybridized carbons (Fsp3) is 0.520. The summed E-state index contributed by atoms with van der Waals surface area (Å²) in [5, 5.41) is 11.9. The maximum absolute atomic E-state index is 13.4. The van der Waals surface area contributed by atoms with Crippen LogP contribution in [0, 0.1) is 0 Å². The van der Waals surface area contributed by atoms with Crippen LogP contribution in [0.4, 0.5) is 0 Å². The predicted molar refractivity (Wildman–Crippen MR) is 147 cm³/mol. The van der Waals surface area contributed by atoms with Crippen molar-refractivity contribution in [2.24, 2.45) is 0 Å². The molecule has 37 heavy (non-hydrogen) atoms. The average Bonchev–Trinajstić information content (AvgIpc) is 3.65. The molecule has 5 heterocycles. The Morgan fingerprint density at radius 1 is 1.16 bits per heavy atom. The van der Waals surface area contributed by atoms with E-state index in [1.807, 2.05) is 34.9 Å². The number of carbonyl (C=O) groups is 2. The highest BCUT2D eigenvalue weighted by atomic mass is 35.5. The first-order chi connectivity index (χ1) is 17.9. The molecule has 3 aromatic heterocycles. The zero-order valence-electron chi connectivity index (χ0n) is 21.0. The standard InChI is InChI=1S/C25H31ClN6O3S2/c1-16(2)30-7-5-17(6-8-30)27-24(33)19-14-20(25(34)31-9-11-36-12-10-31)32(28-19)15-18-13-21(35-29-18)22-3-4-23(26)37-22/h3-4,13-14,16-17H,5-12,15H2,1-2H3,(H,27,33). The van der Waals surface area contributed by atoms with E-state index in [1.54, 1.807) is 10.7 Å². The van der Waals surface area contributed by atoms with Gasteiger partial charge in [-0.25, -0.2) is 0 Å². The van der Waals surface area contributed by atoms with E-state index in [4.69, 9.17) is 16.1 Å². The Balaban J connectivity index is 1.34. The molecule has 0 aliphatic carbocycles. The van der Waals surface area contributed by atoms with Crippen LogP contribution < -0.4 is 5.32 Å². The molecule has 0 aromatic carbocycles. The van der Waals surface area contributed by atoms with Crippen LogP contribution in [0.3, 0.4) is 0 Å². The van der Waals surface area contributed by atoms with Crippen molar-refractivity contribution < 1.29 is 14.1 Å². The van der Waals surface area contributed by atoms with Crippen molar-refractivity contribution in [1.29, 1.82) is 0 Å². The van der Waals surface area contributed by atoms with E-state index in [0.717, 1.165) is 42.3 Å². The summed E-state index contributed by atoms with van der Waals surface area (Å²) < 4.78 is 7.75. The molecule has 0 bridgehead atoms. The summed E-state index contributed by atoms with van der Waals surface area (Å²) in [5.74, 6) is 2.03. The molecule has 2 amide bonds. The van der Waals surface area contributed by atoms with Crippen molar-refractivity contribution in [2.45, 2.75) is 45.3 Å². The number of amides is 2. The van der Waals surface area contributed by atoms with Crippen LogP contribution in [0.5, 0.6) is 0 Å². The minimum absolute atomic E-state index is 0.0987. The Morgan fingerprint density at radius 3 is 2.59 bits per heavy atom. The second-order valence-corrected chi connectivity index (χ2v) is 12.6. The molecular weight excluding hydrogens is 532 g/mol. The molecule has 2 fully saturated rings. The summed E-state index contributed by atoms with van der Waals surface area (Å²) in [6.07, 6.45) is 1.80. The Hall–Kier alpha value is -2.34. The second kappa shape index (κ2) is 11.6. The van der Waals surface area contributed by atoms with E-state index in [0.29, 0.717) is 40.6 Å². The van der Waals surface area contributed by atoms with E-state index in [1.165, 1.54) is 11.3 Å². The summed E-state index contributed by atoms with van der Waals surface area (Å²) >= 11 is 9.30. The van der Waals surface area contributed by atoms with Crippen LogP contribution in [0.25, 0.3) is 10.6 Å². The van der Waals surface area contributed by atoms with Crippen molar-refractivity contribution in [3.05, 3.63) is 45.7 Å². The number of hydrogen-bond donors (Lipinski definition) is 1. The summed E-state index contributed by atoms with van der Waals surface area (Å²) in [4.78, 5) is 31.7. The molecule has 9 nitrogen and oxygen atoms in total. The predicted octanol–water partition coefficient (Wildman–Crippen LogP) is 4.09. The number of aromatic nitrogens is 3. The molecule has 0 radical (unpaired) electrons. The van der Waals surface area contributed by atoms with Gasteiger partial charge in [-0.2, -0.15) is 16.9 Å². The number of piperidine rings is 1. The summed E-state index contributed by atoms with van der Waals surface area (Å²) in [6.45, 7) is 7.87. The van der Waals surface area contributed by atoms with Crippen LogP contribution in [-0.4, -0.2) is 86.3 Å². The van der Waals surface area contributed by atoms with E-state index in [9.17, 15) is 9.59 Å². The first kappa shape index (κ1) is 26.3. The first-order valence-corrected chi connectivity index (χ1v) is 14.9. The molecule has 5 rings (SSSR count). The van der Waals surface area contributed by atoms with Gasteiger partial charge in [0.15, 0.2) is 11.5 Å². The first-order valence-electron chi connectivity index (χ1n) is 12.6. The fourth-order valence-corrected chi connectivity index (χ4v) is 6.57. The Bertz CT molecular complexity index is 1240. The average molecular weight is 563 g/mol. The molecule has 2 aliphatic heterocycles. The summed E-state index contributed by atoms with van der Waals surface area (Å²) in [7, 11) is 0. The molecule has 0 saturated carbocycles. The smallest absolute Gasteiger partial charge is 0.272 e. The summed E-state index contributed by atoms with van der Waals surface area (Å²) in [6, 6.07) is 7.72. The third-order valence-electron chi connectivity index (χ3n) is 6.81. The molecule has 12 heteroatoms. The maximum atomic E-state index is 13.4. The highest BCUT2D eigenvalue weighted by molar-refractivity contribution is 7.99.